The zero-order chi connectivity index (χ0) is 14.3. The van der Waals surface area contributed by atoms with Crippen molar-refractivity contribution in [3.05, 3.63) is 35.5 Å². The number of hydrogen-bond donors (Lipinski definition) is 1. The van der Waals surface area contributed by atoms with Gasteiger partial charge in [0.1, 0.15) is 0 Å². The molecule has 1 aromatic carbocycles. The number of aromatic nitrogens is 1. The fourth-order valence-corrected chi connectivity index (χ4v) is 3.23. The molecule has 1 aromatic heterocycles. The third-order valence-corrected chi connectivity index (χ3v) is 4.50. The Morgan fingerprint density at radius 2 is 1.80 bits per heavy atom. The average molecular weight is 281 g/mol. The van der Waals surface area contributed by atoms with Crippen molar-refractivity contribution < 1.29 is 13.2 Å². The first kappa shape index (κ1) is 13.5. The lowest BCUT2D eigenvalue weighted by Crippen LogP contribution is -2.10. The maximum absolute atomic E-state index is 12.8. The van der Waals surface area contributed by atoms with E-state index in [1.54, 1.807) is 0 Å². The maximum Gasteiger partial charge on any atom is 0.416 e. The molecule has 1 aliphatic rings. The van der Waals surface area contributed by atoms with Crippen LogP contribution in [0.15, 0.2) is 24.4 Å². The van der Waals surface area contributed by atoms with E-state index in [1.807, 2.05) is 6.20 Å². The first-order valence-corrected chi connectivity index (χ1v) is 7.13. The Hall–Kier alpha value is -1.45. The van der Waals surface area contributed by atoms with Crippen molar-refractivity contribution in [2.75, 3.05) is 0 Å². The molecule has 2 aromatic rings. The van der Waals surface area contributed by atoms with Crippen LogP contribution in [0.3, 0.4) is 0 Å². The second-order valence-corrected chi connectivity index (χ2v) is 5.96. The molecule has 1 fully saturated rings. The van der Waals surface area contributed by atoms with Gasteiger partial charge in [0.25, 0.3) is 0 Å². The van der Waals surface area contributed by atoms with Crippen molar-refractivity contribution in [2.24, 2.45) is 5.92 Å². The fraction of sp³-hybridized carbons (Fsp3) is 0.500. The molecule has 1 N–H and O–H groups in total. The average Bonchev–Trinajstić information content (AvgIpc) is 2.81. The number of fused-ring (bicyclic) bond motifs is 1. The van der Waals surface area contributed by atoms with Gasteiger partial charge in [-0.1, -0.05) is 19.8 Å². The molecule has 0 unspecified atom stereocenters. The van der Waals surface area contributed by atoms with Crippen molar-refractivity contribution in [3.63, 3.8) is 0 Å². The van der Waals surface area contributed by atoms with Crippen LogP contribution >= 0.6 is 0 Å². The van der Waals surface area contributed by atoms with Gasteiger partial charge in [0.2, 0.25) is 0 Å². The SMILES string of the molecule is CC1CCC(c2c[nH]c3ccc(C(F)(F)F)cc23)CC1. The largest absolute Gasteiger partial charge is 0.416 e. The normalized spacial score (nSPS) is 24.2. The molecule has 1 nitrogen and oxygen atoms in total. The molecule has 0 bridgehead atoms. The summed E-state index contributed by atoms with van der Waals surface area (Å²) in [5, 5.41) is 0.736. The van der Waals surface area contributed by atoms with Crippen molar-refractivity contribution in [2.45, 2.75) is 44.7 Å². The summed E-state index contributed by atoms with van der Waals surface area (Å²) in [6.07, 6.45) is 2.09. The van der Waals surface area contributed by atoms with E-state index in [1.165, 1.54) is 12.1 Å². The molecule has 0 aliphatic heterocycles. The van der Waals surface area contributed by atoms with Crippen LogP contribution in [-0.4, -0.2) is 4.98 Å². The molecule has 4 heteroatoms. The van der Waals surface area contributed by atoms with Gasteiger partial charge in [-0.05, 0) is 48.4 Å². The predicted octanol–water partition coefficient (Wildman–Crippen LogP) is 5.48. The first-order valence-electron chi connectivity index (χ1n) is 7.13. The Balaban J connectivity index is 1.99. The second kappa shape index (κ2) is 4.83. The molecule has 1 aliphatic carbocycles. The van der Waals surface area contributed by atoms with Gasteiger partial charge in [0.05, 0.1) is 5.56 Å². The summed E-state index contributed by atoms with van der Waals surface area (Å²) in [7, 11) is 0. The van der Waals surface area contributed by atoms with E-state index in [9.17, 15) is 13.2 Å². The summed E-state index contributed by atoms with van der Waals surface area (Å²) >= 11 is 0. The summed E-state index contributed by atoms with van der Waals surface area (Å²) in [5.74, 6) is 1.13. The molecule has 1 saturated carbocycles. The summed E-state index contributed by atoms with van der Waals surface area (Å²) in [5.41, 5.74) is 1.29. The summed E-state index contributed by atoms with van der Waals surface area (Å²) < 4.78 is 38.5. The highest BCUT2D eigenvalue weighted by atomic mass is 19.4. The number of hydrogen-bond acceptors (Lipinski definition) is 0. The Morgan fingerprint density at radius 3 is 2.45 bits per heavy atom. The molecule has 0 amide bonds. The number of benzene rings is 1. The van der Waals surface area contributed by atoms with E-state index in [0.717, 1.165) is 54.1 Å². The van der Waals surface area contributed by atoms with Crippen LogP contribution in [0.5, 0.6) is 0 Å². The van der Waals surface area contributed by atoms with Gasteiger partial charge in [-0.3, -0.25) is 0 Å². The van der Waals surface area contributed by atoms with Gasteiger partial charge in [-0.15, -0.1) is 0 Å². The molecule has 0 spiro atoms. The summed E-state index contributed by atoms with van der Waals surface area (Å²) in [6.45, 7) is 2.24. The van der Waals surface area contributed by atoms with E-state index in [4.69, 9.17) is 0 Å². The zero-order valence-corrected chi connectivity index (χ0v) is 11.4. The summed E-state index contributed by atoms with van der Waals surface area (Å²) in [6, 6.07) is 3.97. The summed E-state index contributed by atoms with van der Waals surface area (Å²) in [4.78, 5) is 3.11. The van der Waals surface area contributed by atoms with Crippen LogP contribution in [0.25, 0.3) is 10.9 Å². The highest BCUT2D eigenvalue weighted by Crippen LogP contribution is 2.40. The van der Waals surface area contributed by atoms with Crippen LogP contribution < -0.4 is 0 Å². The van der Waals surface area contributed by atoms with E-state index in [2.05, 4.69) is 11.9 Å². The number of aromatic amines is 1. The molecule has 3 rings (SSSR count). The van der Waals surface area contributed by atoms with Crippen molar-refractivity contribution >= 4 is 10.9 Å². The number of halogens is 3. The third-order valence-electron chi connectivity index (χ3n) is 4.50. The lowest BCUT2D eigenvalue weighted by atomic mass is 9.79. The monoisotopic (exact) mass is 281 g/mol. The second-order valence-electron chi connectivity index (χ2n) is 5.96. The highest BCUT2D eigenvalue weighted by Gasteiger charge is 2.31. The van der Waals surface area contributed by atoms with Gasteiger partial charge < -0.3 is 4.98 Å². The van der Waals surface area contributed by atoms with Crippen molar-refractivity contribution in [3.8, 4) is 0 Å². The molecule has 1 heterocycles. The molecule has 0 atom stereocenters. The predicted molar refractivity (Wildman–Crippen MR) is 73.7 cm³/mol. The fourth-order valence-electron chi connectivity index (χ4n) is 3.23. The lowest BCUT2D eigenvalue weighted by Gasteiger charge is -2.26. The molecular formula is C16H18F3N. The minimum atomic E-state index is -4.27. The maximum atomic E-state index is 12.8. The lowest BCUT2D eigenvalue weighted by molar-refractivity contribution is -0.137. The quantitative estimate of drug-likeness (QED) is 0.712. The Labute approximate surface area is 116 Å². The van der Waals surface area contributed by atoms with Crippen LogP contribution in [0, 0.1) is 5.92 Å². The smallest absolute Gasteiger partial charge is 0.361 e. The molecular weight excluding hydrogens is 263 g/mol. The van der Waals surface area contributed by atoms with Crippen LogP contribution in [0.4, 0.5) is 13.2 Å². The van der Waals surface area contributed by atoms with E-state index >= 15 is 0 Å². The number of alkyl halides is 3. The molecule has 0 radical (unpaired) electrons. The van der Waals surface area contributed by atoms with E-state index in [0.29, 0.717) is 5.92 Å². The van der Waals surface area contributed by atoms with Gasteiger partial charge >= 0.3 is 6.18 Å². The minimum absolute atomic E-state index is 0.392. The Bertz CT molecular complexity index is 604. The Morgan fingerprint density at radius 1 is 1.10 bits per heavy atom. The topological polar surface area (TPSA) is 15.8 Å². The van der Waals surface area contributed by atoms with Gasteiger partial charge in [-0.25, -0.2) is 0 Å². The molecule has 108 valence electrons. The van der Waals surface area contributed by atoms with Crippen molar-refractivity contribution in [1.82, 2.24) is 4.98 Å². The van der Waals surface area contributed by atoms with Crippen LogP contribution in [-0.2, 0) is 6.18 Å². The Kier molecular flexibility index (Phi) is 3.27. The van der Waals surface area contributed by atoms with Gasteiger partial charge in [0.15, 0.2) is 0 Å². The van der Waals surface area contributed by atoms with E-state index < -0.39 is 11.7 Å². The van der Waals surface area contributed by atoms with Crippen LogP contribution in [0.2, 0.25) is 0 Å². The first-order chi connectivity index (χ1) is 9.45. The third kappa shape index (κ3) is 2.43. The standard InChI is InChI=1S/C16H18F3N/c1-10-2-4-11(5-3-10)14-9-20-15-7-6-12(8-13(14)15)16(17,18)19/h6-11,20H,2-5H2,1H3. The minimum Gasteiger partial charge on any atom is -0.361 e. The van der Waals surface area contributed by atoms with Gasteiger partial charge in [0, 0.05) is 17.1 Å². The number of nitrogens with one attached hydrogen (secondary N) is 1. The van der Waals surface area contributed by atoms with Gasteiger partial charge in [-0.2, -0.15) is 13.2 Å². The number of rotatable bonds is 1. The molecule has 20 heavy (non-hydrogen) atoms. The van der Waals surface area contributed by atoms with Crippen molar-refractivity contribution in [1.29, 1.82) is 0 Å². The molecule has 0 saturated heterocycles. The van der Waals surface area contributed by atoms with E-state index in [-0.39, 0.29) is 0 Å². The van der Waals surface area contributed by atoms with Crippen LogP contribution in [0.1, 0.15) is 49.7 Å². The highest BCUT2D eigenvalue weighted by molar-refractivity contribution is 5.84. The zero-order valence-electron chi connectivity index (χ0n) is 11.4. The number of H-pyrrole nitrogens is 1.